The van der Waals surface area contributed by atoms with Gasteiger partial charge in [-0.3, -0.25) is 0 Å². The van der Waals surface area contributed by atoms with Gasteiger partial charge in [-0.1, -0.05) is 36.4 Å². The van der Waals surface area contributed by atoms with Crippen molar-refractivity contribution in [1.82, 2.24) is 0 Å². The molecule has 0 aliphatic carbocycles. The maximum atomic E-state index is 11.8. The molecule has 17 heavy (non-hydrogen) atoms. The first kappa shape index (κ1) is 13.9. The van der Waals surface area contributed by atoms with E-state index in [-0.39, 0.29) is 24.4 Å². The van der Waals surface area contributed by atoms with Crippen molar-refractivity contribution >= 4 is 10.1 Å². The van der Waals surface area contributed by atoms with Gasteiger partial charge in [0.25, 0.3) is 0 Å². The average Bonchev–Trinajstić information content (AvgIpc) is 2.31. The van der Waals surface area contributed by atoms with Crippen molar-refractivity contribution in [3.63, 3.8) is 0 Å². The van der Waals surface area contributed by atoms with Gasteiger partial charge in [0.2, 0.25) is 0 Å². The van der Waals surface area contributed by atoms with Gasteiger partial charge in [-0.25, -0.2) is 0 Å². The Morgan fingerprint density at radius 1 is 0.765 bits per heavy atom. The summed E-state index contributed by atoms with van der Waals surface area (Å²) < 4.78 is 28.5. The van der Waals surface area contributed by atoms with Crippen molar-refractivity contribution in [1.29, 1.82) is 0 Å². The number of benzene rings is 2. The van der Waals surface area contributed by atoms with E-state index in [0.717, 1.165) is 0 Å². The quantitative estimate of drug-likeness (QED) is 0.646. The molecule has 0 aliphatic rings. The standard InChI is InChI=1S/C12H10O3S.Zn/c13-16(14,12-9-5-2-6-10-12)15-11-7-3-1-4-8-11;/h1-10H;. The van der Waals surface area contributed by atoms with Crippen LogP contribution in [0.15, 0.2) is 65.6 Å². The van der Waals surface area contributed by atoms with Gasteiger partial charge >= 0.3 is 10.1 Å². The summed E-state index contributed by atoms with van der Waals surface area (Å²) in [6.45, 7) is 0. The number of para-hydroxylation sites is 1. The van der Waals surface area contributed by atoms with E-state index in [1.54, 1.807) is 48.5 Å². The Kier molecular flexibility index (Phi) is 4.85. The number of rotatable bonds is 3. The van der Waals surface area contributed by atoms with Crippen LogP contribution >= 0.6 is 0 Å². The summed E-state index contributed by atoms with van der Waals surface area (Å²) in [5, 5.41) is 0. The van der Waals surface area contributed by atoms with Gasteiger partial charge in [-0.05, 0) is 24.3 Å². The topological polar surface area (TPSA) is 43.4 Å². The Balaban J connectivity index is 0.00000144. The van der Waals surface area contributed by atoms with Crippen molar-refractivity contribution in [3.8, 4) is 5.75 Å². The Morgan fingerprint density at radius 2 is 1.24 bits per heavy atom. The molecule has 0 aliphatic heterocycles. The van der Waals surface area contributed by atoms with Crippen LogP contribution in [0.4, 0.5) is 0 Å². The summed E-state index contributed by atoms with van der Waals surface area (Å²) in [7, 11) is -3.71. The minimum absolute atomic E-state index is 0. The van der Waals surface area contributed by atoms with Crippen LogP contribution in [0.5, 0.6) is 5.75 Å². The second-order valence-corrected chi connectivity index (χ2v) is 4.71. The SMILES string of the molecule is O=S(=O)(Oc1ccccc1)c1ccccc1.[Zn]. The van der Waals surface area contributed by atoms with Crippen LogP contribution in [0, 0.1) is 0 Å². The maximum absolute atomic E-state index is 11.8. The van der Waals surface area contributed by atoms with Gasteiger partial charge in [-0.2, -0.15) is 8.42 Å². The van der Waals surface area contributed by atoms with E-state index < -0.39 is 10.1 Å². The predicted molar refractivity (Wildman–Crippen MR) is 60.7 cm³/mol. The van der Waals surface area contributed by atoms with E-state index >= 15 is 0 Å². The molecule has 5 heteroatoms. The summed E-state index contributed by atoms with van der Waals surface area (Å²) >= 11 is 0. The van der Waals surface area contributed by atoms with Crippen molar-refractivity contribution in [3.05, 3.63) is 60.7 Å². The van der Waals surface area contributed by atoms with E-state index in [4.69, 9.17) is 4.18 Å². The van der Waals surface area contributed by atoms with Crippen LogP contribution < -0.4 is 4.18 Å². The number of hydrogen-bond acceptors (Lipinski definition) is 3. The van der Waals surface area contributed by atoms with Crippen molar-refractivity contribution in [2.24, 2.45) is 0 Å². The molecule has 0 saturated carbocycles. The van der Waals surface area contributed by atoms with Crippen molar-refractivity contribution in [2.75, 3.05) is 0 Å². The fraction of sp³-hybridized carbons (Fsp3) is 0. The fourth-order valence-corrected chi connectivity index (χ4v) is 2.19. The summed E-state index contributed by atoms with van der Waals surface area (Å²) in [6.07, 6.45) is 0. The molecule has 0 bridgehead atoms. The third-order valence-corrected chi connectivity index (χ3v) is 3.24. The Hall–Kier alpha value is -1.19. The molecule has 0 unspecified atom stereocenters. The second-order valence-electron chi connectivity index (χ2n) is 3.16. The molecule has 0 heterocycles. The van der Waals surface area contributed by atoms with E-state index in [9.17, 15) is 8.42 Å². The van der Waals surface area contributed by atoms with Gasteiger partial charge < -0.3 is 4.18 Å². The zero-order chi connectivity index (χ0) is 11.4. The minimum Gasteiger partial charge on any atom is -0.379 e. The van der Waals surface area contributed by atoms with E-state index in [1.165, 1.54) is 12.1 Å². The molecule has 0 fully saturated rings. The largest absolute Gasteiger partial charge is 0.379 e. The molecule has 0 saturated heterocycles. The summed E-state index contributed by atoms with van der Waals surface area (Å²) in [5.41, 5.74) is 0. The molecule has 2 rings (SSSR count). The third kappa shape index (κ3) is 3.65. The second kappa shape index (κ2) is 5.94. The first-order valence-corrected chi connectivity index (χ1v) is 6.14. The maximum Gasteiger partial charge on any atom is 0.339 e. The van der Waals surface area contributed by atoms with E-state index in [2.05, 4.69) is 0 Å². The van der Waals surface area contributed by atoms with Crippen LogP contribution in [0.25, 0.3) is 0 Å². The Bertz CT molecular complexity index is 553. The Morgan fingerprint density at radius 3 is 1.76 bits per heavy atom. The van der Waals surface area contributed by atoms with Crippen LogP contribution in [0.2, 0.25) is 0 Å². The number of hydrogen-bond donors (Lipinski definition) is 0. The summed E-state index contributed by atoms with van der Waals surface area (Å²) in [6, 6.07) is 16.5. The van der Waals surface area contributed by atoms with Crippen LogP contribution in [0.3, 0.4) is 0 Å². The smallest absolute Gasteiger partial charge is 0.339 e. The van der Waals surface area contributed by atoms with E-state index in [1.807, 2.05) is 0 Å². The monoisotopic (exact) mass is 298 g/mol. The van der Waals surface area contributed by atoms with Gasteiger partial charge in [0.15, 0.2) is 0 Å². The molecule has 0 radical (unpaired) electrons. The zero-order valence-corrected chi connectivity index (χ0v) is 12.9. The zero-order valence-electron chi connectivity index (χ0n) is 9.11. The minimum atomic E-state index is -3.71. The molecular formula is C12H10O3SZn. The summed E-state index contributed by atoms with van der Waals surface area (Å²) in [4.78, 5) is 0.152. The van der Waals surface area contributed by atoms with Gasteiger partial charge in [0, 0.05) is 19.5 Å². The molecule has 84 valence electrons. The fourth-order valence-electron chi connectivity index (χ4n) is 1.24. The van der Waals surface area contributed by atoms with Crippen molar-refractivity contribution in [2.45, 2.75) is 4.90 Å². The molecule has 3 nitrogen and oxygen atoms in total. The van der Waals surface area contributed by atoms with Crippen LogP contribution in [0.1, 0.15) is 0 Å². The first-order valence-electron chi connectivity index (χ1n) is 4.73. The van der Waals surface area contributed by atoms with Gasteiger partial charge in [-0.15, -0.1) is 0 Å². The molecule has 0 N–H and O–H groups in total. The molecule has 2 aromatic carbocycles. The predicted octanol–water partition coefficient (Wildman–Crippen LogP) is 2.45. The average molecular weight is 300 g/mol. The normalized spacial score (nSPS) is 10.4. The molecular weight excluding hydrogens is 290 g/mol. The van der Waals surface area contributed by atoms with Crippen LogP contribution in [-0.2, 0) is 29.6 Å². The molecule has 0 atom stereocenters. The summed E-state index contributed by atoms with van der Waals surface area (Å²) in [5.74, 6) is 0.311. The van der Waals surface area contributed by atoms with E-state index in [0.29, 0.717) is 5.75 Å². The first-order chi connectivity index (χ1) is 7.68. The van der Waals surface area contributed by atoms with Crippen LogP contribution in [-0.4, -0.2) is 8.42 Å². The van der Waals surface area contributed by atoms with Gasteiger partial charge in [0.05, 0.1) is 0 Å². The molecule has 0 aromatic heterocycles. The Labute approximate surface area is 113 Å². The molecule has 0 spiro atoms. The molecule has 2 aromatic rings. The van der Waals surface area contributed by atoms with Crippen molar-refractivity contribution < 1.29 is 32.1 Å². The molecule has 0 amide bonds. The third-order valence-electron chi connectivity index (χ3n) is 1.98. The van der Waals surface area contributed by atoms with Gasteiger partial charge in [0.1, 0.15) is 10.6 Å².